The first-order chi connectivity index (χ1) is 8.06. The zero-order valence-corrected chi connectivity index (χ0v) is 9.62. The lowest BCUT2D eigenvalue weighted by molar-refractivity contribution is 0.0698. The van der Waals surface area contributed by atoms with Gasteiger partial charge in [-0.1, -0.05) is 23.7 Å². The molecule has 0 aliphatic carbocycles. The molecule has 5 nitrogen and oxygen atoms in total. The number of benzene rings is 1. The van der Waals surface area contributed by atoms with Crippen LogP contribution in [0.15, 0.2) is 30.9 Å². The van der Waals surface area contributed by atoms with Gasteiger partial charge in [-0.05, 0) is 12.1 Å². The molecule has 0 saturated heterocycles. The van der Waals surface area contributed by atoms with Crippen LogP contribution >= 0.6 is 11.6 Å². The molecule has 1 aromatic rings. The van der Waals surface area contributed by atoms with Crippen molar-refractivity contribution in [2.75, 3.05) is 11.9 Å². The highest BCUT2D eigenvalue weighted by Crippen LogP contribution is 2.24. The van der Waals surface area contributed by atoms with Gasteiger partial charge in [0.2, 0.25) is 0 Å². The molecule has 1 rings (SSSR count). The fraction of sp³-hybridized carbons (Fsp3) is 0.0909. The highest BCUT2D eigenvalue weighted by Gasteiger charge is 2.15. The minimum absolute atomic E-state index is 0.0685. The van der Waals surface area contributed by atoms with E-state index in [9.17, 15) is 9.59 Å². The monoisotopic (exact) mass is 254 g/mol. The molecule has 1 aromatic carbocycles. The fourth-order valence-corrected chi connectivity index (χ4v) is 1.43. The average Bonchev–Trinajstić information content (AvgIpc) is 2.25. The third-order valence-electron chi connectivity index (χ3n) is 1.88. The zero-order chi connectivity index (χ0) is 12.8. The second kappa shape index (κ2) is 5.91. The number of carbonyl (C=O) groups excluding carboxylic acids is 1. The van der Waals surface area contributed by atoms with E-state index >= 15 is 0 Å². The summed E-state index contributed by atoms with van der Waals surface area (Å²) in [6.45, 7) is 3.73. The first-order valence-electron chi connectivity index (χ1n) is 4.73. The predicted octanol–water partition coefficient (Wildman–Crippen LogP) is 2.35. The number of amides is 2. The molecule has 0 atom stereocenters. The molecular weight excluding hydrogens is 244 g/mol. The Morgan fingerprint density at radius 2 is 2.18 bits per heavy atom. The summed E-state index contributed by atoms with van der Waals surface area (Å²) >= 11 is 5.74. The lowest BCUT2D eigenvalue weighted by atomic mass is 10.2. The molecule has 0 fully saturated rings. The number of aromatic carboxylic acids is 1. The maximum atomic E-state index is 11.4. The van der Waals surface area contributed by atoms with Crippen LogP contribution in [0.4, 0.5) is 10.5 Å². The molecule has 0 heterocycles. The van der Waals surface area contributed by atoms with E-state index in [1.807, 2.05) is 0 Å². The third kappa shape index (κ3) is 3.49. The van der Waals surface area contributed by atoms with Crippen molar-refractivity contribution in [3.05, 3.63) is 41.4 Å². The molecule has 0 aromatic heterocycles. The average molecular weight is 255 g/mol. The first-order valence-corrected chi connectivity index (χ1v) is 5.11. The Balaban J connectivity index is 2.91. The van der Waals surface area contributed by atoms with E-state index in [4.69, 9.17) is 16.7 Å². The number of nitrogens with one attached hydrogen (secondary N) is 2. The van der Waals surface area contributed by atoms with Crippen molar-refractivity contribution in [2.45, 2.75) is 0 Å². The number of anilines is 1. The Hall–Kier alpha value is -2.01. The van der Waals surface area contributed by atoms with Gasteiger partial charge in [0.05, 0.1) is 10.7 Å². The van der Waals surface area contributed by atoms with Gasteiger partial charge in [0.25, 0.3) is 0 Å². The van der Waals surface area contributed by atoms with E-state index in [-0.39, 0.29) is 22.8 Å². The van der Waals surface area contributed by atoms with Crippen LogP contribution in [-0.2, 0) is 0 Å². The van der Waals surface area contributed by atoms with Crippen molar-refractivity contribution >= 4 is 29.3 Å². The molecule has 0 aliphatic heterocycles. The van der Waals surface area contributed by atoms with Gasteiger partial charge in [-0.25, -0.2) is 9.59 Å². The lowest BCUT2D eigenvalue weighted by Crippen LogP contribution is -2.29. The van der Waals surface area contributed by atoms with Gasteiger partial charge in [-0.2, -0.15) is 0 Å². The maximum Gasteiger partial charge on any atom is 0.339 e. The summed E-state index contributed by atoms with van der Waals surface area (Å²) < 4.78 is 0. The van der Waals surface area contributed by atoms with Gasteiger partial charge >= 0.3 is 12.0 Å². The number of halogens is 1. The van der Waals surface area contributed by atoms with Crippen LogP contribution in [0.5, 0.6) is 0 Å². The molecule has 3 N–H and O–H groups in total. The molecule has 0 saturated carbocycles. The maximum absolute atomic E-state index is 11.4. The van der Waals surface area contributed by atoms with E-state index < -0.39 is 12.0 Å². The van der Waals surface area contributed by atoms with Gasteiger partial charge in [-0.15, -0.1) is 6.58 Å². The van der Waals surface area contributed by atoms with Crippen LogP contribution in [-0.4, -0.2) is 23.7 Å². The molecule has 0 radical (unpaired) electrons. The lowest BCUT2D eigenvalue weighted by Gasteiger charge is -2.09. The van der Waals surface area contributed by atoms with Crippen molar-refractivity contribution in [3.8, 4) is 0 Å². The van der Waals surface area contributed by atoms with E-state index in [2.05, 4.69) is 17.2 Å². The summed E-state index contributed by atoms with van der Waals surface area (Å²) in [5.74, 6) is -1.20. The van der Waals surface area contributed by atoms with Gasteiger partial charge in [0, 0.05) is 6.54 Å². The highest BCUT2D eigenvalue weighted by atomic mass is 35.5. The standard InChI is InChI=1S/C11H11ClN2O3/c1-2-6-13-11(17)14-8-5-3-4-7(12)9(8)10(15)16/h2-5H,1,6H2,(H,15,16)(H2,13,14,17). The van der Waals surface area contributed by atoms with Crippen LogP contribution in [0.2, 0.25) is 5.02 Å². The minimum Gasteiger partial charge on any atom is -0.478 e. The molecule has 17 heavy (non-hydrogen) atoms. The highest BCUT2D eigenvalue weighted by molar-refractivity contribution is 6.34. The molecule has 2 amide bonds. The predicted molar refractivity (Wildman–Crippen MR) is 65.6 cm³/mol. The third-order valence-corrected chi connectivity index (χ3v) is 2.20. The number of carboxylic acids is 1. The number of hydrogen-bond donors (Lipinski definition) is 3. The summed E-state index contributed by atoms with van der Waals surface area (Å²) in [5, 5.41) is 13.9. The first kappa shape index (κ1) is 13.1. The normalized spacial score (nSPS) is 9.47. The molecular formula is C11H11ClN2O3. The Labute approximate surface area is 103 Å². The van der Waals surface area contributed by atoms with Crippen molar-refractivity contribution < 1.29 is 14.7 Å². The fourth-order valence-electron chi connectivity index (χ4n) is 1.18. The number of carbonyl (C=O) groups is 2. The second-order valence-electron chi connectivity index (χ2n) is 3.09. The molecule has 90 valence electrons. The number of rotatable bonds is 4. The quantitative estimate of drug-likeness (QED) is 0.722. The van der Waals surface area contributed by atoms with E-state index in [0.29, 0.717) is 0 Å². The molecule has 0 bridgehead atoms. The summed E-state index contributed by atoms with van der Waals surface area (Å²) in [6, 6.07) is 3.94. The second-order valence-corrected chi connectivity index (χ2v) is 3.50. The SMILES string of the molecule is C=CCNC(=O)Nc1cccc(Cl)c1C(=O)O. The van der Waals surface area contributed by atoms with E-state index in [1.165, 1.54) is 18.2 Å². The Morgan fingerprint density at radius 1 is 1.47 bits per heavy atom. The minimum atomic E-state index is -1.20. The van der Waals surface area contributed by atoms with Crippen LogP contribution in [0.1, 0.15) is 10.4 Å². The van der Waals surface area contributed by atoms with E-state index in [1.54, 1.807) is 6.07 Å². The topological polar surface area (TPSA) is 78.4 Å². The summed E-state index contributed by atoms with van der Waals surface area (Å²) in [4.78, 5) is 22.3. The Bertz CT molecular complexity index is 460. The van der Waals surface area contributed by atoms with E-state index in [0.717, 1.165) is 0 Å². The van der Waals surface area contributed by atoms with Crippen molar-refractivity contribution in [3.63, 3.8) is 0 Å². The summed E-state index contributed by atoms with van der Waals surface area (Å²) in [6.07, 6.45) is 1.51. The van der Waals surface area contributed by atoms with Gasteiger partial charge in [0.15, 0.2) is 0 Å². The van der Waals surface area contributed by atoms with Gasteiger partial charge in [0.1, 0.15) is 5.56 Å². The van der Waals surface area contributed by atoms with Gasteiger partial charge in [-0.3, -0.25) is 0 Å². The largest absolute Gasteiger partial charge is 0.478 e. The Morgan fingerprint density at radius 3 is 2.76 bits per heavy atom. The van der Waals surface area contributed by atoms with Gasteiger partial charge < -0.3 is 15.7 Å². The number of hydrogen-bond acceptors (Lipinski definition) is 2. The van der Waals surface area contributed by atoms with Crippen LogP contribution in [0, 0.1) is 0 Å². The Kier molecular flexibility index (Phi) is 4.54. The van der Waals surface area contributed by atoms with Crippen molar-refractivity contribution in [2.24, 2.45) is 0 Å². The summed E-state index contributed by atoms with van der Waals surface area (Å²) in [7, 11) is 0. The van der Waals surface area contributed by atoms with Crippen molar-refractivity contribution in [1.82, 2.24) is 5.32 Å². The zero-order valence-electron chi connectivity index (χ0n) is 8.87. The summed E-state index contributed by atoms with van der Waals surface area (Å²) in [5.41, 5.74) is 0.00878. The molecule has 6 heteroatoms. The van der Waals surface area contributed by atoms with Crippen LogP contribution < -0.4 is 10.6 Å². The van der Waals surface area contributed by atoms with Crippen molar-refractivity contribution in [1.29, 1.82) is 0 Å². The van der Waals surface area contributed by atoms with Crippen LogP contribution in [0.25, 0.3) is 0 Å². The number of carboxylic acid groups (broad SMARTS) is 1. The number of urea groups is 1. The molecule has 0 spiro atoms. The van der Waals surface area contributed by atoms with Crippen LogP contribution in [0.3, 0.4) is 0 Å². The molecule has 0 aliphatic rings. The molecule has 0 unspecified atom stereocenters. The smallest absolute Gasteiger partial charge is 0.339 e.